The summed E-state index contributed by atoms with van der Waals surface area (Å²) in [5.74, 6) is 0.673. The predicted molar refractivity (Wildman–Crippen MR) is 95.9 cm³/mol. The fourth-order valence-corrected chi connectivity index (χ4v) is 4.15. The number of carbonyl (C=O) groups excluding carboxylic acids is 1. The van der Waals surface area contributed by atoms with E-state index in [1.54, 1.807) is 4.52 Å². The quantitative estimate of drug-likeness (QED) is 0.845. The van der Waals surface area contributed by atoms with Crippen LogP contribution in [0.25, 0.3) is 5.78 Å². The molecule has 0 saturated carbocycles. The van der Waals surface area contributed by atoms with Crippen LogP contribution in [-0.2, 0) is 16.0 Å². The summed E-state index contributed by atoms with van der Waals surface area (Å²) in [6, 6.07) is 0.414. The van der Waals surface area contributed by atoms with Crippen molar-refractivity contribution in [3.05, 3.63) is 23.3 Å². The first-order chi connectivity index (χ1) is 12.6. The van der Waals surface area contributed by atoms with Crippen molar-refractivity contribution in [2.75, 3.05) is 26.3 Å². The van der Waals surface area contributed by atoms with Gasteiger partial charge in [0.15, 0.2) is 0 Å². The number of rotatable bonds is 5. The van der Waals surface area contributed by atoms with E-state index in [1.807, 2.05) is 13.8 Å². The van der Waals surface area contributed by atoms with Crippen molar-refractivity contribution < 1.29 is 9.53 Å². The lowest BCUT2D eigenvalue weighted by Crippen LogP contribution is -2.50. The first kappa shape index (κ1) is 17.4. The standard InChI is InChI=1S/C18H26N6O2/c1-12-14(13(2)24-18(21-12)19-11-20-24)5-6-17(25)22-15-9-26-10-16(15)23-7-3-4-8-23/h11,15-16H,3-10H2,1-2H3,(H,22,25). The van der Waals surface area contributed by atoms with E-state index in [0.29, 0.717) is 31.3 Å². The average Bonchev–Trinajstić information content (AvgIpc) is 3.35. The maximum atomic E-state index is 12.5. The third-order valence-corrected chi connectivity index (χ3v) is 5.60. The number of ether oxygens (including phenoxy) is 1. The van der Waals surface area contributed by atoms with Gasteiger partial charge >= 0.3 is 0 Å². The van der Waals surface area contributed by atoms with E-state index in [1.165, 1.54) is 19.2 Å². The second-order valence-corrected chi connectivity index (χ2v) is 7.25. The van der Waals surface area contributed by atoms with Crippen LogP contribution >= 0.6 is 0 Å². The van der Waals surface area contributed by atoms with E-state index in [9.17, 15) is 4.79 Å². The third kappa shape index (κ3) is 3.31. The van der Waals surface area contributed by atoms with Gasteiger partial charge in [-0.3, -0.25) is 9.69 Å². The number of nitrogens with one attached hydrogen (secondary N) is 1. The minimum atomic E-state index is 0.0715. The van der Waals surface area contributed by atoms with Gasteiger partial charge in [0.1, 0.15) is 6.33 Å². The van der Waals surface area contributed by atoms with E-state index in [4.69, 9.17) is 4.74 Å². The van der Waals surface area contributed by atoms with Crippen LogP contribution in [0.1, 0.15) is 36.2 Å². The Balaban J connectivity index is 1.38. The zero-order valence-corrected chi connectivity index (χ0v) is 15.4. The molecule has 2 unspecified atom stereocenters. The predicted octanol–water partition coefficient (Wildman–Crippen LogP) is 0.653. The number of hydrogen-bond acceptors (Lipinski definition) is 6. The molecule has 26 heavy (non-hydrogen) atoms. The van der Waals surface area contributed by atoms with E-state index in [2.05, 4.69) is 25.3 Å². The summed E-state index contributed by atoms with van der Waals surface area (Å²) < 4.78 is 7.37. The highest BCUT2D eigenvalue weighted by molar-refractivity contribution is 5.76. The minimum absolute atomic E-state index is 0.0715. The molecule has 0 aromatic carbocycles. The molecule has 140 valence electrons. The molecule has 0 aliphatic carbocycles. The molecule has 8 nitrogen and oxygen atoms in total. The first-order valence-corrected chi connectivity index (χ1v) is 9.40. The second-order valence-electron chi connectivity index (χ2n) is 7.25. The van der Waals surface area contributed by atoms with Crippen molar-refractivity contribution in [2.45, 2.75) is 51.6 Å². The SMILES string of the molecule is Cc1nc2ncnn2c(C)c1CCC(=O)NC1COCC1N1CCCC1. The van der Waals surface area contributed by atoms with Crippen molar-refractivity contribution in [3.8, 4) is 0 Å². The van der Waals surface area contributed by atoms with Gasteiger partial charge in [-0.05, 0) is 51.8 Å². The van der Waals surface area contributed by atoms with Gasteiger partial charge in [0.25, 0.3) is 5.78 Å². The molecule has 2 aliphatic heterocycles. The number of aromatic nitrogens is 4. The Bertz CT molecular complexity index is 798. The number of fused-ring (bicyclic) bond motifs is 1. The highest BCUT2D eigenvalue weighted by Crippen LogP contribution is 2.20. The maximum absolute atomic E-state index is 12.5. The van der Waals surface area contributed by atoms with Crippen LogP contribution in [0.2, 0.25) is 0 Å². The van der Waals surface area contributed by atoms with E-state index >= 15 is 0 Å². The van der Waals surface area contributed by atoms with Crippen LogP contribution in [0.15, 0.2) is 6.33 Å². The number of aryl methyl sites for hydroxylation is 2. The Hall–Kier alpha value is -2.06. The molecule has 1 amide bonds. The summed E-state index contributed by atoms with van der Waals surface area (Å²) in [7, 11) is 0. The first-order valence-electron chi connectivity index (χ1n) is 9.40. The van der Waals surface area contributed by atoms with Crippen molar-refractivity contribution >= 4 is 11.7 Å². The van der Waals surface area contributed by atoms with Crippen LogP contribution in [0.4, 0.5) is 0 Å². The molecule has 0 spiro atoms. The van der Waals surface area contributed by atoms with Crippen LogP contribution < -0.4 is 5.32 Å². The summed E-state index contributed by atoms with van der Waals surface area (Å²) in [5.41, 5.74) is 2.98. The van der Waals surface area contributed by atoms with Gasteiger partial charge < -0.3 is 10.1 Å². The lowest BCUT2D eigenvalue weighted by Gasteiger charge is -2.28. The zero-order valence-electron chi connectivity index (χ0n) is 15.4. The normalized spacial score (nSPS) is 23.8. The fourth-order valence-electron chi connectivity index (χ4n) is 4.15. The second kappa shape index (κ2) is 7.28. The summed E-state index contributed by atoms with van der Waals surface area (Å²) in [5, 5.41) is 7.39. The Morgan fingerprint density at radius 2 is 2.12 bits per heavy atom. The number of amides is 1. The third-order valence-electron chi connectivity index (χ3n) is 5.60. The molecule has 2 atom stereocenters. The zero-order chi connectivity index (χ0) is 18.1. The highest BCUT2D eigenvalue weighted by atomic mass is 16.5. The van der Waals surface area contributed by atoms with Gasteiger partial charge in [0.05, 0.1) is 25.3 Å². The summed E-state index contributed by atoms with van der Waals surface area (Å²) in [6.07, 6.45) is 5.08. The molecular formula is C18H26N6O2. The maximum Gasteiger partial charge on any atom is 0.252 e. The largest absolute Gasteiger partial charge is 0.378 e. The van der Waals surface area contributed by atoms with Crippen LogP contribution in [0.5, 0.6) is 0 Å². The van der Waals surface area contributed by atoms with Crippen molar-refractivity contribution in [1.29, 1.82) is 0 Å². The number of likely N-dealkylation sites (tertiary alicyclic amines) is 1. The van der Waals surface area contributed by atoms with Crippen LogP contribution in [0, 0.1) is 13.8 Å². The van der Waals surface area contributed by atoms with Gasteiger partial charge in [-0.2, -0.15) is 10.1 Å². The van der Waals surface area contributed by atoms with Gasteiger partial charge in [-0.1, -0.05) is 0 Å². The molecule has 2 aromatic rings. The van der Waals surface area contributed by atoms with E-state index < -0.39 is 0 Å². The number of hydrogen-bond donors (Lipinski definition) is 1. The van der Waals surface area contributed by atoms with Gasteiger partial charge in [-0.15, -0.1) is 0 Å². The summed E-state index contributed by atoms with van der Waals surface area (Å²) in [6.45, 7) is 7.51. The molecule has 4 rings (SSSR count). The van der Waals surface area contributed by atoms with Crippen LogP contribution in [-0.4, -0.2) is 68.8 Å². The topological polar surface area (TPSA) is 84.6 Å². The molecule has 1 N–H and O–H groups in total. The Kier molecular flexibility index (Phi) is 4.86. The Morgan fingerprint density at radius 1 is 1.31 bits per heavy atom. The molecule has 2 fully saturated rings. The fraction of sp³-hybridized carbons (Fsp3) is 0.667. The smallest absolute Gasteiger partial charge is 0.252 e. The molecule has 2 aliphatic rings. The van der Waals surface area contributed by atoms with Gasteiger partial charge in [0.2, 0.25) is 5.91 Å². The Labute approximate surface area is 152 Å². The molecule has 8 heteroatoms. The van der Waals surface area contributed by atoms with Gasteiger partial charge in [-0.25, -0.2) is 9.50 Å². The molecule has 0 radical (unpaired) electrons. The lowest BCUT2D eigenvalue weighted by molar-refractivity contribution is -0.122. The number of carbonyl (C=O) groups is 1. The molecule has 2 aromatic heterocycles. The molecule has 4 heterocycles. The Morgan fingerprint density at radius 3 is 2.92 bits per heavy atom. The van der Waals surface area contributed by atoms with Gasteiger partial charge in [0, 0.05) is 17.8 Å². The molecule has 0 bridgehead atoms. The monoisotopic (exact) mass is 358 g/mol. The summed E-state index contributed by atoms with van der Waals surface area (Å²) >= 11 is 0. The molecular weight excluding hydrogens is 332 g/mol. The van der Waals surface area contributed by atoms with Crippen molar-refractivity contribution in [2.24, 2.45) is 0 Å². The highest BCUT2D eigenvalue weighted by Gasteiger charge is 2.35. The minimum Gasteiger partial charge on any atom is -0.378 e. The van der Waals surface area contributed by atoms with Crippen LogP contribution in [0.3, 0.4) is 0 Å². The number of nitrogens with zero attached hydrogens (tertiary/aromatic N) is 5. The summed E-state index contributed by atoms with van der Waals surface area (Å²) in [4.78, 5) is 23.6. The lowest BCUT2D eigenvalue weighted by atomic mass is 10.1. The van der Waals surface area contributed by atoms with Crippen molar-refractivity contribution in [1.82, 2.24) is 29.8 Å². The van der Waals surface area contributed by atoms with Crippen molar-refractivity contribution in [3.63, 3.8) is 0 Å². The van der Waals surface area contributed by atoms with E-state index in [0.717, 1.165) is 36.6 Å². The average molecular weight is 358 g/mol. The van der Waals surface area contributed by atoms with E-state index in [-0.39, 0.29) is 11.9 Å². The molecule has 2 saturated heterocycles.